The molecule has 0 bridgehead atoms. The van der Waals surface area contributed by atoms with E-state index in [0.717, 1.165) is 23.4 Å². The Morgan fingerprint density at radius 1 is 1.07 bits per heavy atom. The molecule has 1 aromatic heterocycles. The molecule has 0 spiro atoms. The van der Waals surface area contributed by atoms with E-state index < -0.39 is 4.92 Å². The molecule has 2 aromatic carbocycles. The number of nitrogens with zero attached hydrogens (tertiary/aromatic N) is 4. The van der Waals surface area contributed by atoms with Crippen molar-refractivity contribution in [1.29, 1.82) is 0 Å². The first kappa shape index (κ1) is 15.8. The highest BCUT2D eigenvalue weighted by Gasteiger charge is 2.24. The van der Waals surface area contributed by atoms with Crippen molar-refractivity contribution in [3.8, 4) is 0 Å². The summed E-state index contributed by atoms with van der Waals surface area (Å²) in [6.45, 7) is 0. The Balaban J connectivity index is 1.48. The predicted octanol–water partition coefficient (Wildman–Crippen LogP) is 5.83. The Labute approximate surface area is 158 Å². The predicted molar refractivity (Wildman–Crippen MR) is 107 cm³/mol. The van der Waals surface area contributed by atoms with Gasteiger partial charge in [-0.1, -0.05) is 18.2 Å². The fourth-order valence-corrected chi connectivity index (χ4v) is 4.46. The van der Waals surface area contributed by atoms with Crippen LogP contribution in [0, 0.1) is 10.1 Å². The van der Waals surface area contributed by atoms with Crippen molar-refractivity contribution < 1.29 is 4.92 Å². The van der Waals surface area contributed by atoms with Crippen LogP contribution in [0.15, 0.2) is 80.7 Å². The molecule has 130 valence electrons. The number of thiophene rings is 1. The molecule has 0 N–H and O–H groups in total. The summed E-state index contributed by atoms with van der Waals surface area (Å²) in [7, 11) is 0. The van der Waals surface area contributed by atoms with E-state index in [4.69, 9.17) is 0 Å². The molecular formula is C20H12N4O2S. The highest BCUT2D eigenvalue weighted by atomic mass is 32.1. The van der Waals surface area contributed by atoms with E-state index in [1.807, 2.05) is 0 Å². The van der Waals surface area contributed by atoms with Gasteiger partial charge >= 0.3 is 0 Å². The lowest BCUT2D eigenvalue weighted by Gasteiger charge is -2.11. The number of hydrogen-bond donors (Lipinski definition) is 0. The second kappa shape index (κ2) is 6.07. The zero-order valence-corrected chi connectivity index (χ0v) is 14.8. The Morgan fingerprint density at radius 2 is 1.89 bits per heavy atom. The molecule has 0 amide bonds. The summed E-state index contributed by atoms with van der Waals surface area (Å²) in [6, 6.07) is 14.4. The van der Waals surface area contributed by atoms with Crippen molar-refractivity contribution in [2.45, 2.75) is 6.42 Å². The summed E-state index contributed by atoms with van der Waals surface area (Å²) in [6.07, 6.45) is 4.64. The summed E-state index contributed by atoms with van der Waals surface area (Å²) in [5.74, 6) is 0. The van der Waals surface area contributed by atoms with Crippen LogP contribution in [0.5, 0.6) is 0 Å². The monoisotopic (exact) mass is 372 g/mol. The van der Waals surface area contributed by atoms with E-state index in [2.05, 4.69) is 45.6 Å². The molecule has 7 heteroatoms. The Bertz CT molecular complexity index is 1220. The highest BCUT2D eigenvalue weighted by molar-refractivity contribution is 7.19. The molecule has 0 atom stereocenters. The lowest BCUT2D eigenvalue weighted by atomic mass is 9.96. The van der Waals surface area contributed by atoms with Gasteiger partial charge in [-0.05, 0) is 29.8 Å². The molecule has 1 aliphatic heterocycles. The summed E-state index contributed by atoms with van der Waals surface area (Å²) >= 11 is 1.80. The number of rotatable bonds is 3. The molecule has 2 heterocycles. The molecule has 0 radical (unpaired) electrons. The Hall–Kier alpha value is -3.45. The minimum atomic E-state index is -0.434. The van der Waals surface area contributed by atoms with Crippen LogP contribution in [0.4, 0.5) is 11.4 Å². The van der Waals surface area contributed by atoms with Gasteiger partial charge in [-0.2, -0.15) is 5.11 Å². The third-order valence-electron chi connectivity index (χ3n) is 4.61. The van der Waals surface area contributed by atoms with E-state index in [0.29, 0.717) is 5.69 Å². The number of benzene rings is 2. The lowest BCUT2D eigenvalue weighted by Crippen LogP contribution is -1.98. The van der Waals surface area contributed by atoms with Gasteiger partial charge in [-0.3, -0.25) is 15.1 Å². The molecule has 0 fully saturated rings. The molecule has 0 saturated carbocycles. The average molecular weight is 372 g/mol. The maximum Gasteiger partial charge on any atom is 0.269 e. The minimum Gasteiger partial charge on any atom is -0.258 e. The Morgan fingerprint density at radius 3 is 2.70 bits per heavy atom. The second-order valence-corrected chi connectivity index (χ2v) is 7.37. The van der Waals surface area contributed by atoms with Crippen LogP contribution in [0.3, 0.4) is 0 Å². The van der Waals surface area contributed by atoms with Crippen molar-refractivity contribution in [1.82, 2.24) is 0 Å². The van der Waals surface area contributed by atoms with E-state index >= 15 is 0 Å². The van der Waals surface area contributed by atoms with Gasteiger partial charge in [0.15, 0.2) is 0 Å². The topological polar surface area (TPSA) is 80.2 Å². The molecule has 27 heavy (non-hydrogen) atoms. The van der Waals surface area contributed by atoms with Crippen molar-refractivity contribution >= 4 is 45.1 Å². The van der Waals surface area contributed by atoms with E-state index in [1.165, 1.54) is 32.7 Å². The number of aliphatic imine (C=N–C) groups is 1. The minimum absolute atomic E-state index is 0.0354. The number of non-ortho nitro benzene ring substituents is 1. The number of nitro groups is 1. The van der Waals surface area contributed by atoms with Crippen LogP contribution in [0.1, 0.15) is 10.4 Å². The second-order valence-electron chi connectivity index (χ2n) is 6.24. The summed E-state index contributed by atoms with van der Waals surface area (Å²) < 4.78 is 1.28. The third-order valence-corrected chi connectivity index (χ3v) is 5.79. The smallest absolute Gasteiger partial charge is 0.258 e. The van der Waals surface area contributed by atoms with Gasteiger partial charge in [0.25, 0.3) is 5.69 Å². The third kappa shape index (κ3) is 2.69. The fourth-order valence-electron chi connectivity index (χ4n) is 3.26. The van der Waals surface area contributed by atoms with Crippen molar-refractivity contribution in [3.63, 3.8) is 0 Å². The van der Waals surface area contributed by atoms with Gasteiger partial charge in [-0.15, -0.1) is 16.5 Å². The summed E-state index contributed by atoms with van der Waals surface area (Å²) in [5.41, 5.74) is 4.59. The number of fused-ring (bicyclic) bond motifs is 4. The summed E-state index contributed by atoms with van der Waals surface area (Å²) in [4.78, 5) is 16.1. The molecule has 1 aliphatic carbocycles. The first-order chi connectivity index (χ1) is 13.2. The van der Waals surface area contributed by atoms with Gasteiger partial charge in [0, 0.05) is 39.1 Å². The van der Waals surface area contributed by atoms with Crippen LogP contribution in [0.25, 0.3) is 16.2 Å². The standard InChI is InChI=1S/C20H12N4O2S/c25-24(26)13-7-5-12(6-8-13)22-23-18-11-21-17-9-15-14-3-1-2-4-19(14)27-20(15)10-16(17)18/h1-9,11H,10H2. The van der Waals surface area contributed by atoms with Crippen molar-refractivity contribution in [3.05, 3.63) is 86.1 Å². The van der Waals surface area contributed by atoms with Gasteiger partial charge < -0.3 is 0 Å². The van der Waals surface area contributed by atoms with E-state index in [1.54, 1.807) is 29.7 Å². The molecule has 0 unspecified atom stereocenters. The van der Waals surface area contributed by atoms with Crippen molar-refractivity contribution in [2.75, 3.05) is 0 Å². The molecule has 5 rings (SSSR count). The van der Waals surface area contributed by atoms with Crippen LogP contribution in [-0.2, 0) is 6.42 Å². The SMILES string of the molecule is O=[N+]([O-])c1ccc(N=NC2=C3Cc4sc5ccccc5c4C=C3N=C2)cc1. The molecule has 6 nitrogen and oxygen atoms in total. The van der Waals surface area contributed by atoms with Gasteiger partial charge in [-0.25, -0.2) is 0 Å². The maximum atomic E-state index is 10.7. The van der Waals surface area contributed by atoms with Gasteiger partial charge in [0.1, 0.15) is 5.70 Å². The molecule has 3 aromatic rings. The molecule has 0 saturated heterocycles. The largest absolute Gasteiger partial charge is 0.269 e. The summed E-state index contributed by atoms with van der Waals surface area (Å²) in [5, 5.41) is 20.5. The van der Waals surface area contributed by atoms with E-state index in [-0.39, 0.29) is 5.69 Å². The first-order valence-electron chi connectivity index (χ1n) is 8.35. The van der Waals surface area contributed by atoms with E-state index in [9.17, 15) is 10.1 Å². The lowest BCUT2D eigenvalue weighted by molar-refractivity contribution is -0.384. The number of hydrogen-bond acceptors (Lipinski definition) is 6. The normalized spacial score (nSPS) is 15.3. The highest BCUT2D eigenvalue weighted by Crippen LogP contribution is 2.41. The van der Waals surface area contributed by atoms with Crippen LogP contribution in [0.2, 0.25) is 0 Å². The Kier molecular flexibility index (Phi) is 3.54. The van der Waals surface area contributed by atoms with Crippen LogP contribution < -0.4 is 0 Å². The molecule has 2 aliphatic rings. The molecular weight excluding hydrogens is 360 g/mol. The van der Waals surface area contributed by atoms with Crippen LogP contribution >= 0.6 is 11.3 Å². The van der Waals surface area contributed by atoms with Gasteiger partial charge in [0.2, 0.25) is 0 Å². The number of azo groups is 1. The number of allylic oxidation sites excluding steroid dienone is 2. The van der Waals surface area contributed by atoms with Crippen molar-refractivity contribution in [2.24, 2.45) is 15.2 Å². The fraction of sp³-hybridized carbons (Fsp3) is 0.0500. The first-order valence-corrected chi connectivity index (χ1v) is 9.16. The van der Waals surface area contributed by atoms with Crippen LogP contribution in [-0.4, -0.2) is 11.1 Å². The average Bonchev–Trinajstić information content (AvgIpc) is 3.25. The zero-order valence-electron chi connectivity index (χ0n) is 14.0. The maximum absolute atomic E-state index is 10.7. The quantitative estimate of drug-likeness (QED) is 0.329. The van der Waals surface area contributed by atoms with Gasteiger partial charge in [0.05, 0.1) is 22.5 Å². The zero-order chi connectivity index (χ0) is 18.4. The number of nitro benzene ring substituents is 1.